The van der Waals surface area contributed by atoms with Gasteiger partial charge in [0.25, 0.3) is 11.8 Å². The summed E-state index contributed by atoms with van der Waals surface area (Å²) < 4.78 is 5.45. The first-order valence-electron chi connectivity index (χ1n) is 13.6. The summed E-state index contributed by atoms with van der Waals surface area (Å²) in [5, 5.41) is 5.71. The first kappa shape index (κ1) is 31.0. The van der Waals surface area contributed by atoms with Crippen LogP contribution in [0, 0.1) is 40.2 Å². The second-order valence-electron chi connectivity index (χ2n) is 11.2. The van der Waals surface area contributed by atoms with E-state index in [1.807, 2.05) is 94.4 Å². The SMILES string of the molecule is C#CN(C(=O)C(Cc1ccccc1)NC(=O)OC(C)(C)C)C(C(=O)Nc1c(C)cccc1C)c1cc(C)ccc1C. The van der Waals surface area contributed by atoms with E-state index in [0.29, 0.717) is 11.3 Å². The largest absolute Gasteiger partial charge is 0.444 e. The van der Waals surface area contributed by atoms with E-state index in [4.69, 9.17) is 11.2 Å². The van der Waals surface area contributed by atoms with Crippen LogP contribution in [0.25, 0.3) is 0 Å². The number of anilines is 1. The highest BCUT2D eigenvalue weighted by molar-refractivity contribution is 6.00. The molecule has 3 aromatic rings. The Morgan fingerprint density at radius 3 is 2.12 bits per heavy atom. The van der Waals surface area contributed by atoms with E-state index in [1.165, 1.54) is 0 Å². The van der Waals surface area contributed by atoms with Gasteiger partial charge >= 0.3 is 6.09 Å². The van der Waals surface area contributed by atoms with Crippen molar-refractivity contribution in [1.82, 2.24) is 10.2 Å². The number of carbonyl (C=O) groups excluding carboxylic acids is 3. The van der Waals surface area contributed by atoms with E-state index in [9.17, 15) is 14.4 Å². The van der Waals surface area contributed by atoms with Gasteiger partial charge in [-0.3, -0.25) is 14.5 Å². The molecule has 0 heterocycles. The highest BCUT2D eigenvalue weighted by Crippen LogP contribution is 2.29. The van der Waals surface area contributed by atoms with Crippen molar-refractivity contribution in [3.8, 4) is 12.5 Å². The summed E-state index contributed by atoms with van der Waals surface area (Å²) in [4.78, 5) is 42.2. The van der Waals surface area contributed by atoms with Gasteiger partial charge in [0.15, 0.2) is 0 Å². The van der Waals surface area contributed by atoms with Gasteiger partial charge < -0.3 is 15.4 Å². The highest BCUT2D eigenvalue weighted by Gasteiger charge is 2.37. The van der Waals surface area contributed by atoms with E-state index in [1.54, 1.807) is 20.8 Å². The lowest BCUT2D eigenvalue weighted by molar-refractivity contribution is -0.136. The van der Waals surface area contributed by atoms with E-state index < -0.39 is 35.6 Å². The van der Waals surface area contributed by atoms with Crippen LogP contribution >= 0.6 is 0 Å². The number of rotatable bonds is 8. The third-order valence-corrected chi connectivity index (χ3v) is 6.61. The molecule has 0 saturated heterocycles. The maximum atomic E-state index is 14.2. The first-order chi connectivity index (χ1) is 19.3. The number of amides is 3. The monoisotopic (exact) mass is 553 g/mol. The van der Waals surface area contributed by atoms with Gasteiger partial charge in [0.1, 0.15) is 17.7 Å². The molecule has 0 fully saturated rings. The first-order valence-corrected chi connectivity index (χ1v) is 13.6. The molecule has 0 saturated carbocycles. The molecule has 7 heteroatoms. The number of hydrogen-bond acceptors (Lipinski definition) is 4. The van der Waals surface area contributed by atoms with E-state index in [2.05, 4.69) is 16.7 Å². The summed E-state index contributed by atoms with van der Waals surface area (Å²) in [6.07, 6.45) is 5.38. The van der Waals surface area contributed by atoms with Crippen molar-refractivity contribution in [1.29, 1.82) is 0 Å². The molecular formula is C34H39N3O4. The quantitative estimate of drug-likeness (QED) is 0.259. The zero-order valence-electron chi connectivity index (χ0n) is 24.9. The Morgan fingerprint density at radius 1 is 0.902 bits per heavy atom. The molecule has 0 aromatic heterocycles. The number of terminal acetylenes is 1. The topological polar surface area (TPSA) is 87.7 Å². The molecule has 2 unspecified atom stereocenters. The lowest BCUT2D eigenvalue weighted by Gasteiger charge is -2.31. The van der Waals surface area contributed by atoms with Crippen molar-refractivity contribution in [2.75, 3.05) is 5.32 Å². The van der Waals surface area contributed by atoms with Crippen LogP contribution in [0.15, 0.2) is 66.7 Å². The molecule has 0 bridgehead atoms. The number of carbonyl (C=O) groups is 3. The van der Waals surface area contributed by atoms with Crippen LogP contribution < -0.4 is 10.6 Å². The molecule has 41 heavy (non-hydrogen) atoms. The fourth-order valence-corrected chi connectivity index (χ4v) is 4.59. The molecule has 0 aliphatic carbocycles. The maximum absolute atomic E-state index is 14.2. The Labute approximate surface area is 243 Å². The van der Waals surface area contributed by atoms with Gasteiger partial charge in [0.2, 0.25) is 0 Å². The summed E-state index contributed by atoms with van der Waals surface area (Å²) in [5.74, 6) is -1.07. The molecule has 7 nitrogen and oxygen atoms in total. The van der Waals surface area contributed by atoms with Crippen molar-refractivity contribution in [3.05, 3.63) is 100 Å². The molecule has 0 aliphatic rings. The average Bonchev–Trinajstić information content (AvgIpc) is 2.89. The zero-order valence-corrected chi connectivity index (χ0v) is 24.9. The van der Waals surface area contributed by atoms with E-state index in [-0.39, 0.29) is 6.42 Å². The summed E-state index contributed by atoms with van der Waals surface area (Å²) in [5.41, 5.74) is 4.75. The number of aryl methyl sites for hydroxylation is 4. The number of hydrogen-bond donors (Lipinski definition) is 2. The van der Waals surface area contributed by atoms with Crippen LogP contribution in [0.2, 0.25) is 0 Å². The van der Waals surface area contributed by atoms with E-state index in [0.717, 1.165) is 32.7 Å². The van der Waals surface area contributed by atoms with Crippen LogP contribution in [0.4, 0.5) is 10.5 Å². The molecule has 2 atom stereocenters. The fourth-order valence-electron chi connectivity index (χ4n) is 4.59. The summed E-state index contributed by atoms with van der Waals surface area (Å²) in [6, 6.07) is 20.9. The number of nitrogens with one attached hydrogen (secondary N) is 2. The average molecular weight is 554 g/mol. The summed E-state index contributed by atoms with van der Waals surface area (Å²) >= 11 is 0. The minimum atomic E-state index is -1.16. The normalized spacial score (nSPS) is 12.4. The minimum absolute atomic E-state index is 0.148. The Morgan fingerprint density at radius 2 is 1.54 bits per heavy atom. The second-order valence-corrected chi connectivity index (χ2v) is 11.2. The predicted octanol–water partition coefficient (Wildman–Crippen LogP) is 6.16. The predicted molar refractivity (Wildman–Crippen MR) is 162 cm³/mol. The van der Waals surface area contributed by atoms with Gasteiger partial charge in [-0.15, -0.1) is 0 Å². The number of nitrogens with zero attached hydrogens (tertiary/aromatic N) is 1. The van der Waals surface area contributed by atoms with E-state index >= 15 is 0 Å². The summed E-state index contributed by atoms with van der Waals surface area (Å²) in [6.45, 7) is 12.8. The number of alkyl carbamates (subject to hydrolysis) is 1. The van der Waals surface area contributed by atoms with Crippen molar-refractivity contribution >= 4 is 23.6 Å². The van der Waals surface area contributed by atoms with Gasteiger partial charge in [-0.25, -0.2) is 4.79 Å². The van der Waals surface area contributed by atoms with Gasteiger partial charge in [-0.1, -0.05) is 78.7 Å². The Bertz CT molecular complexity index is 1430. The van der Waals surface area contributed by atoms with Gasteiger partial charge in [0, 0.05) is 18.2 Å². The molecule has 3 amide bonds. The highest BCUT2D eigenvalue weighted by atomic mass is 16.6. The zero-order chi connectivity index (χ0) is 30.3. The van der Waals surface area contributed by atoms with Crippen LogP contribution in [-0.2, 0) is 20.7 Å². The van der Waals surface area contributed by atoms with Crippen molar-refractivity contribution in [2.45, 2.75) is 72.6 Å². The number of para-hydroxylation sites is 1. The molecule has 3 aromatic carbocycles. The third-order valence-electron chi connectivity index (χ3n) is 6.61. The standard InChI is InChI=1S/C34H39N3O4/c1-9-37(32(39)28(21-26-16-11-10-12-17-26)35-33(40)41-34(6,7)8)30(27-20-22(2)18-19-23(27)3)31(38)36-29-24(4)14-13-15-25(29)5/h1,10-20,28,30H,21H2,2-8H3,(H,35,40)(H,36,38). The molecule has 0 spiro atoms. The number of benzene rings is 3. The van der Waals surface area contributed by atoms with Crippen LogP contribution in [0.1, 0.15) is 60.2 Å². The smallest absolute Gasteiger partial charge is 0.408 e. The van der Waals surface area contributed by atoms with Crippen molar-refractivity contribution in [2.24, 2.45) is 0 Å². The lowest BCUT2D eigenvalue weighted by Crippen LogP contribution is -2.52. The fraction of sp³-hybridized carbons (Fsp3) is 0.324. The maximum Gasteiger partial charge on any atom is 0.408 e. The third kappa shape index (κ3) is 8.21. The van der Waals surface area contributed by atoms with Crippen LogP contribution in [-0.4, -0.2) is 34.5 Å². The molecule has 2 N–H and O–H groups in total. The Kier molecular flexibility index (Phi) is 9.96. The molecule has 3 rings (SSSR count). The second kappa shape index (κ2) is 13.2. The van der Waals surface area contributed by atoms with Gasteiger partial charge in [-0.2, -0.15) is 0 Å². The Hall–Kier alpha value is -4.57. The Balaban J connectivity index is 2.08. The molecule has 214 valence electrons. The lowest BCUT2D eigenvalue weighted by atomic mass is 9.95. The van der Waals surface area contributed by atoms with Crippen molar-refractivity contribution in [3.63, 3.8) is 0 Å². The number of ether oxygens (including phenoxy) is 1. The molecule has 0 aliphatic heterocycles. The minimum Gasteiger partial charge on any atom is -0.444 e. The van der Waals surface area contributed by atoms with Crippen molar-refractivity contribution < 1.29 is 19.1 Å². The molecular weight excluding hydrogens is 514 g/mol. The van der Waals surface area contributed by atoms with Crippen LogP contribution in [0.5, 0.6) is 0 Å². The molecule has 0 radical (unpaired) electrons. The summed E-state index contributed by atoms with van der Waals surface area (Å²) in [7, 11) is 0. The van der Waals surface area contributed by atoms with Gasteiger partial charge in [-0.05, 0) is 76.3 Å². The van der Waals surface area contributed by atoms with Gasteiger partial charge in [0.05, 0.1) is 0 Å². The van der Waals surface area contributed by atoms with Crippen LogP contribution in [0.3, 0.4) is 0 Å².